The van der Waals surface area contributed by atoms with Crippen LogP contribution in [-0.4, -0.2) is 40.3 Å². The van der Waals surface area contributed by atoms with Crippen molar-refractivity contribution >= 4 is 49.3 Å². The molecule has 1 heterocycles. The molecule has 0 aliphatic rings. The Kier molecular flexibility index (Phi) is 8.87. The molecule has 2 aromatic carbocycles. The fraction of sp³-hybridized carbons (Fsp3) is 0.261. The normalized spacial score (nSPS) is 11.2. The lowest BCUT2D eigenvalue weighted by Gasteiger charge is -2.24. The van der Waals surface area contributed by atoms with E-state index in [2.05, 4.69) is 21.2 Å². The van der Waals surface area contributed by atoms with Gasteiger partial charge in [0.15, 0.2) is 0 Å². The summed E-state index contributed by atoms with van der Waals surface area (Å²) in [4.78, 5) is 12.7. The van der Waals surface area contributed by atoms with E-state index in [0.29, 0.717) is 34.0 Å². The topological polar surface area (TPSA) is 88.9 Å². The first-order chi connectivity index (χ1) is 15.8. The van der Waals surface area contributed by atoms with Crippen LogP contribution in [0.4, 0.5) is 5.69 Å². The summed E-state index contributed by atoms with van der Waals surface area (Å²) in [6.45, 7) is 1.99. The lowest BCUT2D eigenvalue weighted by Crippen LogP contribution is -2.41. The molecule has 0 fully saturated rings. The van der Waals surface area contributed by atoms with Crippen molar-refractivity contribution < 1.29 is 22.4 Å². The number of methoxy groups -OCH3 is 1. The highest BCUT2D eigenvalue weighted by Gasteiger charge is 2.28. The highest BCUT2D eigenvalue weighted by Crippen LogP contribution is 2.30. The van der Waals surface area contributed by atoms with Gasteiger partial charge in [0.25, 0.3) is 10.0 Å². The fourth-order valence-corrected chi connectivity index (χ4v) is 5.87. The fourth-order valence-electron chi connectivity index (χ4n) is 2.98. The Morgan fingerprint density at radius 3 is 2.58 bits per heavy atom. The molecule has 7 nitrogen and oxygen atoms in total. The molecule has 1 aromatic heterocycles. The van der Waals surface area contributed by atoms with Crippen LogP contribution < -0.4 is 14.4 Å². The maximum atomic E-state index is 13.5. The van der Waals surface area contributed by atoms with Crippen molar-refractivity contribution in [2.24, 2.45) is 0 Å². The summed E-state index contributed by atoms with van der Waals surface area (Å²) >= 11 is 4.95. The van der Waals surface area contributed by atoms with Crippen LogP contribution >= 0.6 is 27.7 Å². The largest absolute Gasteiger partial charge is 0.496 e. The van der Waals surface area contributed by atoms with E-state index in [0.717, 1.165) is 15.6 Å². The monoisotopic (exact) mass is 552 g/mol. The first-order valence-electron chi connectivity index (χ1n) is 10.1. The lowest BCUT2D eigenvalue weighted by molar-refractivity contribution is -0.119. The minimum absolute atomic E-state index is 0.0533. The average Bonchev–Trinajstić information content (AvgIpc) is 3.31. The maximum Gasteiger partial charge on any atom is 0.264 e. The van der Waals surface area contributed by atoms with Crippen molar-refractivity contribution in [1.29, 1.82) is 0 Å². The molecule has 1 N–H and O–H groups in total. The number of carbonyl (C=O) groups is 1. The van der Waals surface area contributed by atoms with E-state index < -0.39 is 10.0 Å². The summed E-state index contributed by atoms with van der Waals surface area (Å²) in [5, 5.41) is 2.80. The van der Waals surface area contributed by atoms with Crippen molar-refractivity contribution in [3.8, 4) is 5.75 Å². The van der Waals surface area contributed by atoms with Gasteiger partial charge in [-0.15, -0.1) is 0 Å². The number of aryl methyl sites for hydroxylation is 1. The van der Waals surface area contributed by atoms with Gasteiger partial charge in [-0.2, -0.15) is 11.8 Å². The summed E-state index contributed by atoms with van der Waals surface area (Å²) in [6.07, 6.45) is 1.62. The van der Waals surface area contributed by atoms with Crippen LogP contribution in [0.25, 0.3) is 0 Å². The maximum absolute atomic E-state index is 13.5. The molecule has 0 radical (unpaired) electrons. The first kappa shape index (κ1) is 25.2. The molecule has 0 atom stereocenters. The van der Waals surface area contributed by atoms with Crippen molar-refractivity contribution in [3.05, 3.63) is 76.7 Å². The summed E-state index contributed by atoms with van der Waals surface area (Å²) in [6, 6.07) is 15.2. The Bertz CT molecular complexity index is 1170. The van der Waals surface area contributed by atoms with Gasteiger partial charge in [0.05, 0.1) is 34.2 Å². The number of halogens is 1. The lowest BCUT2D eigenvalue weighted by atomic mass is 10.2. The summed E-state index contributed by atoms with van der Waals surface area (Å²) in [7, 11) is -2.50. The standard InChI is InChI=1S/C23H25BrN2O5S2/c1-17-5-7-18(8-6-17)26(33(28,29)20-9-10-22(30-2)21(24)14-20)15-23(27)25-11-13-32-16-19-4-3-12-31-19/h3-10,12,14H,11,13,15-16H2,1-2H3,(H,25,27). The molecule has 0 aliphatic heterocycles. The SMILES string of the molecule is COc1ccc(S(=O)(=O)N(CC(=O)NCCSCc2ccco2)c2ccc(C)cc2)cc1Br. The van der Waals surface area contributed by atoms with Crippen LogP contribution in [0, 0.1) is 6.92 Å². The molecule has 3 aromatic rings. The molecule has 0 spiro atoms. The van der Waals surface area contributed by atoms with E-state index in [1.165, 1.54) is 19.2 Å². The molecule has 10 heteroatoms. The smallest absolute Gasteiger partial charge is 0.264 e. The number of nitrogens with one attached hydrogen (secondary N) is 1. The van der Waals surface area contributed by atoms with Crippen LogP contribution in [0.3, 0.4) is 0 Å². The molecular formula is C23H25BrN2O5S2. The quantitative estimate of drug-likeness (QED) is 0.349. The number of carbonyl (C=O) groups excluding carboxylic acids is 1. The molecule has 176 valence electrons. The van der Waals surface area contributed by atoms with Crippen LogP contribution in [0.15, 0.2) is 74.6 Å². The van der Waals surface area contributed by atoms with Gasteiger partial charge in [0, 0.05) is 12.3 Å². The van der Waals surface area contributed by atoms with E-state index in [4.69, 9.17) is 9.15 Å². The van der Waals surface area contributed by atoms with E-state index in [-0.39, 0.29) is 17.3 Å². The van der Waals surface area contributed by atoms with Gasteiger partial charge in [-0.05, 0) is 65.3 Å². The summed E-state index contributed by atoms with van der Waals surface area (Å²) < 4.78 is 39.1. The zero-order valence-corrected chi connectivity index (χ0v) is 21.5. The Morgan fingerprint density at radius 1 is 1.18 bits per heavy atom. The minimum atomic E-state index is -4.01. The van der Waals surface area contributed by atoms with Gasteiger partial charge in [-0.1, -0.05) is 17.7 Å². The third kappa shape index (κ3) is 6.78. The Labute approximate surface area is 206 Å². The molecule has 0 bridgehead atoms. The third-order valence-electron chi connectivity index (χ3n) is 4.71. The number of ether oxygens (including phenoxy) is 1. The third-order valence-corrected chi connectivity index (χ3v) is 8.08. The number of amides is 1. The number of sulfonamides is 1. The van der Waals surface area contributed by atoms with Crippen LogP contribution in [0.1, 0.15) is 11.3 Å². The summed E-state index contributed by atoms with van der Waals surface area (Å²) in [5.74, 6) is 2.38. The summed E-state index contributed by atoms with van der Waals surface area (Å²) in [5.41, 5.74) is 1.40. The van der Waals surface area contributed by atoms with Gasteiger partial charge in [0.2, 0.25) is 5.91 Å². The number of benzene rings is 2. The van der Waals surface area contributed by atoms with Crippen molar-refractivity contribution in [2.45, 2.75) is 17.6 Å². The van der Waals surface area contributed by atoms with E-state index in [1.54, 1.807) is 36.2 Å². The number of anilines is 1. The van der Waals surface area contributed by atoms with Crippen LogP contribution in [-0.2, 0) is 20.6 Å². The zero-order valence-electron chi connectivity index (χ0n) is 18.3. The second-order valence-corrected chi connectivity index (χ2v) is 10.9. The Balaban J connectivity index is 1.72. The number of nitrogens with zero attached hydrogens (tertiary/aromatic N) is 1. The Morgan fingerprint density at radius 2 is 1.94 bits per heavy atom. The molecule has 1 amide bonds. The predicted molar refractivity (Wildman–Crippen MR) is 134 cm³/mol. The van der Waals surface area contributed by atoms with Gasteiger partial charge < -0.3 is 14.5 Å². The van der Waals surface area contributed by atoms with E-state index in [1.807, 2.05) is 31.2 Å². The number of thioether (sulfide) groups is 1. The van der Waals surface area contributed by atoms with E-state index >= 15 is 0 Å². The highest BCUT2D eigenvalue weighted by molar-refractivity contribution is 9.10. The molecule has 3 rings (SSSR count). The number of furan rings is 1. The molecule has 0 unspecified atom stereocenters. The second kappa shape index (κ2) is 11.6. The van der Waals surface area contributed by atoms with Crippen molar-refractivity contribution in [2.75, 3.05) is 30.3 Å². The zero-order chi connectivity index (χ0) is 23.8. The number of hydrogen-bond donors (Lipinski definition) is 1. The molecule has 0 saturated carbocycles. The second-order valence-electron chi connectivity index (χ2n) is 7.13. The van der Waals surface area contributed by atoms with Crippen LogP contribution in [0.5, 0.6) is 5.75 Å². The number of hydrogen-bond acceptors (Lipinski definition) is 6. The first-order valence-corrected chi connectivity index (χ1v) is 13.5. The minimum Gasteiger partial charge on any atom is -0.496 e. The van der Waals surface area contributed by atoms with Gasteiger partial charge in [0.1, 0.15) is 18.1 Å². The molecule has 33 heavy (non-hydrogen) atoms. The van der Waals surface area contributed by atoms with Crippen molar-refractivity contribution in [3.63, 3.8) is 0 Å². The van der Waals surface area contributed by atoms with Crippen molar-refractivity contribution in [1.82, 2.24) is 5.32 Å². The molecule has 0 aliphatic carbocycles. The van der Waals surface area contributed by atoms with Gasteiger partial charge >= 0.3 is 0 Å². The van der Waals surface area contributed by atoms with Crippen LogP contribution in [0.2, 0.25) is 0 Å². The average molecular weight is 554 g/mol. The molecule has 0 saturated heterocycles. The van der Waals surface area contributed by atoms with Gasteiger partial charge in [-0.3, -0.25) is 9.10 Å². The Hall–Kier alpha value is -2.43. The highest BCUT2D eigenvalue weighted by atomic mass is 79.9. The van der Waals surface area contributed by atoms with E-state index in [9.17, 15) is 13.2 Å². The number of rotatable bonds is 11. The predicted octanol–water partition coefficient (Wildman–Crippen LogP) is 4.60. The van der Waals surface area contributed by atoms with Gasteiger partial charge in [-0.25, -0.2) is 8.42 Å². The molecular weight excluding hydrogens is 528 g/mol.